The van der Waals surface area contributed by atoms with Crippen molar-refractivity contribution in [2.24, 2.45) is 0 Å². The van der Waals surface area contributed by atoms with Gasteiger partial charge in [-0.25, -0.2) is 4.79 Å². The van der Waals surface area contributed by atoms with Crippen molar-refractivity contribution in [2.75, 3.05) is 13.1 Å². The first-order valence-corrected chi connectivity index (χ1v) is 12.9. The molecular weight excluding hydrogens is 456 g/mol. The highest BCUT2D eigenvalue weighted by atomic mass is 16.6. The Labute approximate surface area is 218 Å². The number of amides is 1. The summed E-state index contributed by atoms with van der Waals surface area (Å²) in [5, 5.41) is 1.06. The fourth-order valence-electron chi connectivity index (χ4n) is 4.87. The number of carbonyl (C=O) groups is 1. The summed E-state index contributed by atoms with van der Waals surface area (Å²) in [5.41, 5.74) is 7.94. The van der Waals surface area contributed by atoms with Crippen LogP contribution in [0.1, 0.15) is 25.0 Å². The minimum absolute atomic E-state index is 0.325. The first-order chi connectivity index (χ1) is 18.1. The maximum atomic E-state index is 12.9. The Morgan fingerprint density at radius 1 is 0.784 bits per heavy atom. The minimum Gasteiger partial charge on any atom is -0.410 e. The second-order valence-electron chi connectivity index (χ2n) is 9.24. The Balaban J connectivity index is 1.59. The zero-order valence-corrected chi connectivity index (χ0v) is 21.6. The molecule has 0 N–H and O–H groups in total. The summed E-state index contributed by atoms with van der Waals surface area (Å²) in [5.74, 6) is 0.579. The molecule has 1 amide bonds. The number of ether oxygens (including phenoxy) is 1. The number of aromatic nitrogens is 1. The van der Waals surface area contributed by atoms with Gasteiger partial charge in [-0.2, -0.15) is 0 Å². The lowest BCUT2D eigenvalue weighted by Crippen LogP contribution is -2.33. The maximum Gasteiger partial charge on any atom is 0.415 e. The standard InChI is InChI=1S/C33H32N2O2/c1-4-34(5-2)33(36)37-31-20-19-30-29(32(31)26-17-15-24(3)16-18-26)21-22-35(30)23-27-13-9-10-14-28(27)25-11-7-6-8-12-25/h6-22H,4-5,23H2,1-3H3. The second-order valence-corrected chi connectivity index (χ2v) is 9.24. The van der Waals surface area contributed by atoms with Crippen molar-refractivity contribution in [1.82, 2.24) is 9.47 Å². The molecule has 0 aliphatic rings. The normalized spacial score (nSPS) is 11.0. The summed E-state index contributed by atoms with van der Waals surface area (Å²) in [6, 6.07) is 33.6. The Bertz CT molecular complexity index is 1510. The lowest BCUT2D eigenvalue weighted by molar-refractivity contribution is 0.157. The van der Waals surface area contributed by atoms with Crippen molar-refractivity contribution in [3.05, 3.63) is 114 Å². The lowest BCUT2D eigenvalue weighted by atomic mass is 9.99. The van der Waals surface area contributed by atoms with E-state index in [1.54, 1.807) is 4.90 Å². The second kappa shape index (κ2) is 10.8. The van der Waals surface area contributed by atoms with Crippen LogP contribution in [-0.2, 0) is 6.54 Å². The number of aryl methyl sites for hydroxylation is 1. The summed E-state index contributed by atoms with van der Waals surface area (Å²) >= 11 is 0. The molecule has 0 aliphatic carbocycles. The van der Waals surface area contributed by atoms with Crippen LogP contribution in [0.3, 0.4) is 0 Å². The predicted octanol–water partition coefficient (Wildman–Crippen LogP) is 8.17. The van der Waals surface area contributed by atoms with Crippen molar-refractivity contribution in [3.63, 3.8) is 0 Å². The van der Waals surface area contributed by atoms with E-state index < -0.39 is 0 Å². The van der Waals surface area contributed by atoms with E-state index in [2.05, 4.69) is 103 Å². The fraction of sp³-hybridized carbons (Fsp3) is 0.182. The predicted molar refractivity (Wildman–Crippen MR) is 152 cm³/mol. The van der Waals surface area contributed by atoms with Crippen LogP contribution in [-0.4, -0.2) is 28.6 Å². The summed E-state index contributed by atoms with van der Waals surface area (Å²) in [6.45, 7) is 7.95. The average molecular weight is 489 g/mol. The zero-order valence-electron chi connectivity index (χ0n) is 21.6. The van der Waals surface area contributed by atoms with E-state index in [-0.39, 0.29) is 6.09 Å². The Kier molecular flexibility index (Phi) is 7.09. The molecule has 0 saturated heterocycles. The van der Waals surface area contributed by atoms with Gasteiger partial charge in [0.05, 0.1) is 0 Å². The van der Waals surface area contributed by atoms with Crippen LogP contribution in [0.2, 0.25) is 0 Å². The van der Waals surface area contributed by atoms with Crippen LogP contribution in [0.4, 0.5) is 4.79 Å². The van der Waals surface area contributed by atoms with Crippen molar-refractivity contribution in [3.8, 4) is 28.0 Å². The third kappa shape index (κ3) is 5.01. The number of benzene rings is 4. The molecule has 0 unspecified atom stereocenters. The first-order valence-electron chi connectivity index (χ1n) is 12.9. The number of hydrogen-bond acceptors (Lipinski definition) is 2. The lowest BCUT2D eigenvalue weighted by Gasteiger charge is -2.20. The summed E-state index contributed by atoms with van der Waals surface area (Å²) < 4.78 is 8.23. The molecule has 0 aliphatic heterocycles. The van der Waals surface area contributed by atoms with Crippen LogP contribution in [0.25, 0.3) is 33.2 Å². The highest BCUT2D eigenvalue weighted by molar-refractivity contribution is 5.99. The van der Waals surface area contributed by atoms with Gasteiger partial charge in [0.1, 0.15) is 5.75 Å². The van der Waals surface area contributed by atoms with E-state index in [1.807, 2.05) is 26.0 Å². The van der Waals surface area contributed by atoms with Gasteiger partial charge >= 0.3 is 6.09 Å². The molecular formula is C33H32N2O2. The molecule has 4 nitrogen and oxygen atoms in total. The van der Waals surface area contributed by atoms with Gasteiger partial charge < -0.3 is 14.2 Å². The van der Waals surface area contributed by atoms with E-state index in [0.29, 0.717) is 18.8 Å². The monoisotopic (exact) mass is 488 g/mol. The first kappa shape index (κ1) is 24.4. The van der Waals surface area contributed by atoms with Crippen LogP contribution in [0.5, 0.6) is 5.75 Å². The van der Waals surface area contributed by atoms with E-state index in [0.717, 1.165) is 28.6 Å². The highest BCUT2D eigenvalue weighted by Crippen LogP contribution is 2.38. The van der Waals surface area contributed by atoms with E-state index >= 15 is 0 Å². The van der Waals surface area contributed by atoms with Gasteiger partial charge in [-0.05, 0) is 61.2 Å². The molecule has 0 fully saturated rings. The van der Waals surface area contributed by atoms with Crippen LogP contribution >= 0.6 is 0 Å². The quantitative estimate of drug-likeness (QED) is 0.231. The van der Waals surface area contributed by atoms with Gasteiger partial charge in [0.25, 0.3) is 0 Å². The Hall–Kier alpha value is -4.31. The number of fused-ring (bicyclic) bond motifs is 1. The number of nitrogens with zero attached hydrogens (tertiary/aromatic N) is 2. The number of rotatable bonds is 7. The molecule has 1 aromatic heterocycles. The smallest absolute Gasteiger partial charge is 0.410 e. The van der Waals surface area contributed by atoms with Crippen LogP contribution in [0.15, 0.2) is 103 Å². The van der Waals surface area contributed by atoms with Crippen molar-refractivity contribution in [1.29, 1.82) is 0 Å². The van der Waals surface area contributed by atoms with Gasteiger partial charge in [-0.15, -0.1) is 0 Å². The molecule has 5 rings (SSSR count). The van der Waals surface area contributed by atoms with E-state index in [9.17, 15) is 4.79 Å². The zero-order chi connectivity index (χ0) is 25.8. The molecule has 0 saturated carbocycles. The van der Waals surface area contributed by atoms with Crippen LogP contribution in [0, 0.1) is 6.92 Å². The van der Waals surface area contributed by atoms with Gasteiger partial charge in [-0.3, -0.25) is 0 Å². The van der Waals surface area contributed by atoms with Gasteiger partial charge in [0.2, 0.25) is 0 Å². The molecule has 0 spiro atoms. The van der Waals surface area contributed by atoms with Crippen molar-refractivity contribution >= 4 is 17.0 Å². The molecule has 4 aromatic carbocycles. The van der Waals surface area contributed by atoms with Gasteiger partial charge in [0.15, 0.2) is 0 Å². The third-order valence-corrected chi connectivity index (χ3v) is 6.92. The van der Waals surface area contributed by atoms with Gasteiger partial charge in [0, 0.05) is 42.3 Å². The molecule has 0 bridgehead atoms. The molecule has 1 heterocycles. The molecule has 5 aromatic rings. The summed E-state index contributed by atoms with van der Waals surface area (Å²) in [4.78, 5) is 14.6. The highest BCUT2D eigenvalue weighted by Gasteiger charge is 2.19. The summed E-state index contributed by atoms with van der Waals surface area (Å²) in [7, 11) is 0. The Morgan fingerprint density at radius 3 is 2.22 bits per heavy atom. The SMILES string of the molecule is CCN(CC)C(=O)Oc1ccc2c(ccn2Cc2ccccc2-c2ccccc2)c1-c1ccc(C)cc1. The van der Waals surface area contributed by atoms with Crippen molar-refractivity contribution < 1.29 is 9.53 Å². The number of carbonyl (C=O) groups excluding carboxylic acids is 1. The third-order valence-electron chi connectivity index (χ3n) is 6.92. The van der Waals surface area contributed by atoms with Crippen LogP contribution < -0.4 is 4.74 Å². The summed E-state index contributed by atoms with van der Waals surface area (Å²) in [6.07, 6.45) is 1.80. The van der Waals surface area contributed by atoms with E-state index in [4.69, 9.17) is 4.74 Å². The number of hydrogen-bond donors (Lipinski definition) is 0. The maximum absolute atomic E-state index is 12.9. The molecule has 4 heteroatoms. The average Bonchev–Trinajstić information content (AvgIpc) is 3.33. The van der Waals surface area contributed by atoms with E-state index in [1.165, 1.54) is 22.3 Å². The molecule has 0 radical (unpaired) electrons. The minimum atomic E-state index is -0.325. The molecule has 37 heavy (non-hydrogen) atoms. The molecule has 0 atom stereocenters. The Morgan fingerprint density at radius 2 is 1.49 bits per heavy atom. The topological polar surface area (TPSA) is 34.5 Å². The van der Waals surface area contributed by atoms with Gasteiger partial charge in [-0.1, -0.05) is 84.4 Å². The molecule has 186 valence electrons. The fourth-order valence-corrected chi connectivity index (χ4v) is 4.87. The van der Waals surface area contributed by atoms with Crippen molar-refractivity contribution in [2.45, 2.75) is 27.3 Å². The largest absolute Gasteiger partial charge is 0.415 e.